The molecule has 0 bridgehead atoms. The van der Waals surface area contributed by atoms with E-state index >= 15 is 0 Å². The molecule has 0 radical (unpaired) electrons. The second-order valence-corrected chi connectivity index (χ2v) is 7.37. The van der Waals surface area contributed by atoms with Crippen LogP contribution in [0.2, 0.25) is 0 Å². The summed E-state index contributed by atoms with van der Waals surface area (Å²) in [5, 5.41) is 4.39. The highest BCUT2D eigenvalue weighted by atomic mass is 32.1. The highest BCUT2D eigenvalue weighted by molar-refractivity contribution is 7.18. The Morgan fingerprint density at radius 3 is 2.80 bits per heavy atom. The van der Waals surface area contributed by atoms with Crippen LogP contribution >= 0.6 is 11.3 Å². The van der Waals surface area contributed by atoms with E-state index in [1.807, 2.05) is 53.4 Å². The van der Waals surface area contributed by atoms with Crippen molar-refractivity contribution < 1.29 is 4.79 Å². The number of aromatic nitrogens is 1. The predicted molar refractivity (Wildman–Crippen MR) is 103 cm³/mol. The lowest BCUT2D eigenvalue weighted by Crippen LogP contribution is -2.31. The highest BCUT2D eigenvalue weighted by Crippen LogP contribution is 2.36. The van der Waals surface area contributed by atoms with Crippen molar-refractivity contribution in [3.05, 3.63) is 59.6 Å². The number of benzene rings is 2. The molecule has 2 heterocycles. The van der Waals surface area contributed by atoms with Crippen molar-refractivity contribution >= 4 is 33.1 Å². The summed E-state index contributed by atoms with van der Waals surface area (Å²) in [5.74, 6) is 0.213. The number of para-hydroxylation sites is 2. The van der Waals surface area contributed by atoms with Crippen molar-refractivity contribution in [1.29, 1.82) is 0 Å². The van der Waals surface area contributed by atoms with Crippen LogP contribution in [0.25, 0.3) is 10.2 Å². The topological polar surface area (TPSA) is 45.2 Å². The van der Waals surface area contributed by atoms with E-state index in [4.69, 9.17) is 4.98 Å². The van der Waals surface area contributed by atoms with Crippen LogP contribution < -0.4 is 5.32 Å². The molecule has 1 atom stereocenters. The number of hydrogen-bond acceptors (Lipinski definition) is 4. The number of nitrogens with zero attached hydrogens (tertiary/aromatic N) is 2. The molecule has 3 aromatic rings. The molecule has 1 aromatic heterocycles. The quantitative estimate of drug-likeness (QED) is 0.738. The van der Waals surface area contributed by atoms with Gasteiger partial charge in [-0.05, 0) is 37.1 Å². The lowest BCUT2D eigenvalue weighted by Gasteiger charge is -2.23. The Balaban J connectivity index is 1.41. The zero-order valence-electron chi connectivity index (χ0n) is 14.0. The molecule has 25 heavy (non-hydrogen) atoms. The Hall–Kier alpha value is -2.40. The van der Waals surface area contributed by atoms with Gasteiger partial charge in [-0.15, -0.1) is 11.3 Å². The number of amides is 1. The first-order valence-corrected chi connectivity index (χ1v) is 9.57. The third-order valence-corrected chi connectivity index (χ3v) is 5.75. The van der Waals surface area contributed by atoms with Crippen molar-refractivity contribution in [1.82, 2.24) is 9.88 Å². The Labute approximate surface area is 151 Å². The van der Waals surface area contributed by atoms with E-state index in [1.54, 1.807) is 11.3 Å². The number of nitrogens with one attached hydrogen (secondary N) is 1. The van der Waals surface area contributed by atoms with Crippen LogP contribution in [0.5, 0.6) is 0 Å². The molecular formula is C20H21N3OS. The summed E-state index contributed by atoms with van der Waals surface area (Å²) in [6.45, 7) is 1.50. The predicted octanol–water partition coefficient (Wildman–Crippen LogP) is 4.46. The summed E-state index contributed by atoms with van der Waals surface area (Å²) in [5.41, 5.74) is 2.09. The number of anilines is 1. The molecule has 0 unspecified atom stereocenters. The molecule has 1 saturated heterocycles. The van der Waals surface area contributed by atoms with E-state index in [0.29, 0.717) is 13.0 Å². The number of carbonyl (C=O) groups is 1. The van der Waals surface area contributed by atoms with Gasteiger partial charge in [0.15, 0.2) is 0 Å². The van der Waals surface area contributed by atoms with Crippen molar-refractivity contribution in [2.45, 2.75) is 25.3 Å². The van der Waals surface area contributed by atoms with Gasteiger partial charge < -0.3 is 10.2 Å². The normalized spacial score (nSPS) is 17.1. The second kappa shape index (κ2) is 7.23. The summed E-state index contributed by atoms with van der Waals surface area (Å²) in [4.78, 5) is 19.5. The average molecular weight is 351 g/mol. The van der Waals surface area contributed by atoms with Gasteiger partial charge >= 0.3 is 0 Å². The first-order valence-electron chi connectivity index (χ1n) is 8.75. The van der Waals surface area contributed by atoms with Gasteiger partial charge in [0.25, 0.3) is 0 Å². The van der Waals surface area contributed by atoms with Gasteiger partial charge in [0.05, 0.1) is 16.3 Å². The lowest BCUT2D eigenvalue weighted by atomic mass is 10.2. The maximum Gasteiger partial charge on any atom is 0.224 e. The number of rotatable bonds is 5. The molecule has 4 rings (SSSR count). The second-order valence-electron chi connectivity index (χ2n) is 6.31. The number of thiazole rings is 1. The minimum atomic E-state index is 0.140. The van der Waals surface area contributed by atoms with Crippen LogP contribution in [-0.4, -0.2) is 28.9 Å². The minimum absolute atomic E-state index is 0.140. The van der Waals surface area contributed by atoms with Crippen molar-refractivity contribution in [3.8, 4) is 0 Å². The van der Waals surface area contributed by atoms with E-state index < -0.39 is 0 Å². The van der Waals surface area contributed by atoms with Crippen molar-refractivity contribution in [3.63, 3.8) is 0 Å². The van der Waals surface area contributed by atoms with Crippen molar-refractivity contribution in [2.24, 2.45) is 0 Å². The summed E-state index contributed by atoms with van der Waals surface area (Å²) in [6.07, 6.45) is 2.58. The molecule has 1 amide bonds. The first-order chi connectivity index (χ1) is 12.3. The van der Waals surface area contributed by atoms with Crippen LogP contribution in [-0.2, 0) is 4.79 Å². The van der Waals surface area contributed by atoms with Gasteiger partial charge in [0.1, 0.15) is 5.01 Å². The number of carbonyl (C=O) groups excluding carboxylic acids is 1. The molecule has 1 fully saturated rings. The Morgan fingerprint density at radius 1 is 1.16 bits per heavy atom. The summed E-state index contributed by atoms with van der Waals surface area (Å²) >= 11 is 1.72. The van der Waals surface area contributed by atoms with Gasteiger partial charge in [0, 0.05) is 25.2 Å². The number of hydrogen-bond donors (Lipinski definition) is 1. The largest absolute Gasteiger partial charge is 0.385 e. The minimum Gasteiger partial charge on any atom is -0.385 e. The zero-order chi connectivity index (χ0) is 17.1. The summed E-state index contributed by atoms with van der Waals surface area (Å²) in [7, 11) is 0. The average Bonchev–Trinajstić information content (AvgIpc) is 3.29. The molecule has 0 aliphatic carbocycles. The fraction of sp³-hybridized carbons (Fsp3) is 0.300. The molecule has 5 heteroatoms. The van der Waals surface area contributed by atoms with E-state index in [9.17, 15) is 4.79 Å². The monoisotopic (exact) mass is 351 g/mol. The van der Waals surface area contributed by atoms with Gasteiger partial charge in [-0.3, -0.25) is 4.79 Å². The number of likely N-dealkylation sites (tertiary alicyclic amines) is 1. The molecule has 0 spiro atoms. The first kappa shape index (κ1) is 16.1. The molecule has 128 valence electrons. The molecular weight excluding hydrogens is 330 g/mol. The maximum absolute atomic E-state index is 12.7. The third-order valence-electron chi connectivity index (χ3n) is 4.61. The summed E-state index contributed by atoms with van der Waals surface area (Å²) in [6, 6.07) is 18.3. The van der Waals surface area contributed by atoms with Crippen LogP contribution in [0.15, 0.2) is 54.6 Å². The van der Waals surface area contributed by atoms with Gasteiger partial charge in [-0.25, -0.2) is 4.98 Å². The van der Waals surface area contributed by atoms with Gasteiger partial charge in [-0.2, -0.15) is 0 Å². The fourth-order valence-electron chi connectivity index (χ4n) is 3.37. The van der Waals surface area contributed by atoms with Crippen LogP contribution in [0, 0.1) is 0 Å². The lowest BCUT2D eigenvalue weighted by molar-refractivity contribution is -0.131. The van der Waals surface area contributed by atoms with Crippen LogP contribution in [0.1, 0.15) is 30.3 Å². The standard InChI is InChI=1S/C20H21N3OS/c24-19(12-13-21-15-7-2-1-3-8-15)23-14-6-10-17(23)20-22-16-9-4-5-11-18(16)25-20/h1-5,7-9,11,17,21H,6,10,12-14H2/t17-/m1/s1. The molecule has 2 aromatic carbocycles. The van der Waals surface area contributed by atoms with Crippen LogP contribution in [0.4, 0.5) is 5.69 Å². The van der Waals surface area contributed by atoms with E-state index in [-0.39, 0.29) is 11.9 Å². The van der Waals surface area contributed by atoms with Gasteiger partial charge in [0.2, 0.25) is 5.91 Å². The van der Waals surface area contributed by atoms with Crippen molar-refractivity contribution in [2.75, 3.05) is 18.4 Å². The van der Waals surface area contributed by atoms with E-state index in [2.05, 4.69) is 11.4 Å². The molecule has 1 N–H and O–H groups in total. The molecule has 1 aliphatic heterocycles. The van der Waals surface area contributed by atoms with E-state index in [1.165, 1.54) is 4.70 Å². The van der Waals surface area contributed by atoms with Crippen LogP contribution in [0.3, 0.4) is 0 Å². The molecule has 4 nitrogen and oxygen atoms in total. The van der Waals surface area contributed by atoms with Gasteiger partial charge in [-0.1, -0.05) is 30.3 Å². The summed E-state index contributed by atoms with van der Waals surface area (Å²) < 4.78 is 1.20. The third kappa shape index (κ3) is 3.51. The molecule has 1 aliphatic rings. The Bertz CT molecular complexity index is 829. The van der Waals surface area contributed by atoms with E-state index in [0.717, 1.165) is 35.6 Å². The maximum atomic E-state index is 12.7. The zero-order valence-corrected chi connectivity index (χ0v) is 14.8. The Kier molecular flexibility index (Phi) is 4.65. The Morgan fingerprint density at radius 2 is 1.96 bits per heavy atom. The number of fused-ring (bicyclic) bond motifs is 1. The fourth-order valence-corrected chi connectivity index (χ4v) is 4.48. The SMILES string of the molecule is O=C(CCNc1ccccc1)N1CCC[C@@H]1c1nc2ccccc2s1. The smallest absolute Gasteiger partial charge is 0.224 e. The highest BCUT2D eigenvalue weighted by Gasteiger charge is 2.31. The molecule has 0 saturated carbocycles.